The van der Waals surface area contributed by atoms with Gasteiger partial charge in [-0.15, -0.1) is 12.4 Å². The van der Waals surface area contributed by atoms with Crippen LogP contribution in [0.5, 0.6) is 0 Å². The maximum absolute atomic E-state index is 13.3. The van der Waals surface area contributed by atoms with E-state index in [1.165, 1.54) is 6.07 Å². The highest BCUT2D eigenvalue weighted by atomic mass is 35.5. The maximum Gasteiger partial charge on any atom is 0.253 e. The second-order valence-electron chi connectivity index (χ2n) is 5.38. The monoisotopic (exact) mass is 348 g/mol. The van der Waals surface area contributed by atoms with Gasteiger partial charge in [0.2, 0.25) is 0 Å². The molecule has 0 saturated carbocycles. The van der Waals surface area contributed by atoms with Gasteiger partial charge in [-0.05, 0) is 17.7 Å². The lowest BCUT2D eigenvalue weighted by atomic mass is 10.1. The Hall–Kier alpha value is -1.28. The summed E-state index contributed by atoms with van der Waals surface area (Å²) >= 11 is 0. The van der Waals surface area contributed by atoms with E-state index in [0.717, 1.165) is 18.7 Å². The summed E-state index contributed by atoms with van der Waals surface area (Å²) in [6, 6.07) is 3.67. The van der Waals surface area contributed by atoms with Crippen LogP contribution in [0.15, 0.2) is 18.2 Å². The van der Waals surface area contributed by atoms with Gasteiger partial charge >= 0.3 is 0 Å². The van der Waals surface area contributed by atoms with Crippen LogP contribution in [-0.2, 0) is 14.3 Å². The second kappa shape index (κ2) is 8.01. The molecule has 2 aliphatic rings. The van der Waals surface area contributed by atoms with Crippen LogP contribution in [0.3, 0.4) is 0 Å². The molecule has 1 N–H and O–H groups in total. The predicted octanol–water partition coefficient (Wildman–Crippen LogP) is 1.27. The Balaban J connectivity index is 0.00000192. The Bertz CT molecular complexity index is 556. The zero-order valence-corrected chi connectivity index (χ0v) is 13.3. The second-order valence-corrected chi connectivity index (χ2v) is 5.38. The van der Waals surface area contributed by atoms with Gasteiger partial charge in [-0.25, -0.2) is 8.78 Å². The molecule has 0 aliphatic carbocycles. The number of nitrogens with zero attached hydrogens (tertiary/aromatic N) is 1. The van der Waals surface area contributed by atoms with Crippen molar-refractivity contribution in [1.82, 2.24) is 10.2 Å². The minimum absolute atomic E-state index is 0. The highest BCUT2D eigenvalue weighted by Gasteiger charge is 2.31. The van der Waals surface area contributed by atoms with Gasteiger partial charge in [-0.1, -0.05) is 6.07 Å². The number of nitrogens with one attached hydrogen (secondary N) is 1. The van der Waals surface area contributed by atoms with E-state index in [2.05, 4.69) is 5.32 Å². The standard InChI is InChI=1S/C15H18F2N2O3.ClH/c16-11-2-1-10(7-12(11)17)14-9-19(4-6-22-14)15(20)13-8-18-3-5-21-13;/h1-2,7,13-14,18H,3-6,8-9H2;1H. The molecule has 2 atom stereocenters. The lowest BCUT2D eigenvalue weighted by Gasteiger charge is -2.36. The normalized spacial score (nSPS) is 24.9. The SMILES string of the molecule is Cl.O=C(C1CNCCO1)N1CCOC(c2ccc(F)c(F)c2)C1. The van der Waals surface area contributed by atoms with E-state index < -0.39 is 23.8 Å². The van der Waals surface area contributed by atoms with Crippen molar-refractivity contribution in [3.8, 4) is 0 Å². The van der Waals surface area contributed by atoms with Gasteiger partial charge in [0.1, 0.15) is 12.2 Å². The van der Waals surface area contributed by atoms with E-state index >= 15 is 0 Å². The number of carbonyl (C=O) groups is 1. The van der Waals surface area contributed by atoms with Crippen LogP contribution in [0.4, 0.5) is 8.78 Å². The minimum atomic E-state index is -0.913. The number of hydrogen-bond donors (Lipinski definition) is 1. The molecule has 2 fully saturated rings. The molecular formula is C15H19ClF2N2O3. The van der Waals surface area contributed by atoms with E-state index in [0.29, 0.717) is 38.4 Å². The number of halogens is 3. The quantitative estimate of drug-likeness (QED) is 0.874. The van der Waals surface area contributed by atoms with Crippen LogP contribution in [-0.4, -0.2) is 56.3 Å². The lowest BCUT2D eigenvalue weighted by Crippen LogP contribution is -2.52. The van der Waals surface area contributed by atoms with Crippen molar-refractivity contribution in [2.45, 2.75) is 12.2 Å². The molecule has 1 amide bonds. The number of benzene rings is 1. The number of rotatable bonds is 2. The summed E-state index contributed by atoms with van der Waals surface area (Å²) in [7, 11) is 0. The van der Waals surface area contributed by atoms with Crippen molar-refractivity contribution in [2.24, 2.45) is 0 Å². The first kappa shape index (κ1) is 18.1. The number of carbonyl (C=O) groups excluding carboxylic acids is 1. The van der Waals surface area contributed by atoms with Crippen LogP contribution < -0.4 is 5.32 Å². The fourth-order valence-corrected chi connectivity index (χ4v) is 2.69. The zero-order valence-electron chi connectivity index (χ0n) is 12.5. The number of amides is 1. The van der Waals surface area contributed by atoms with Crippen LogP contribution in [0.1, 0.15) is 11.7 Å². The summed E-state index contributed by atoms with van der Waals surface area (Å²) in [5.41, 5.74) is 0.527. The molecule has 23 heavy (non-hydrogen) atoms. The van der Waals surface area contributed by atoms with Gasteiger partial charge in [0, 0.05) is 19.6 Å². The van der Waals surface area contributed by atoms with E-state index in [1.807, 2.05) is 0 Å². The predicted molar refractivity (Wildman–Crippen MR) is 81.5 cm³/mol. The molecule has 0 aromatic heterocycles. The first-order chi connectivity index (χ1) is 10.6. The third-order valence-electron chi connectivity index (χ3n) is 3.90. The molecule has 2 aliphatic heterocycles. The molecule has 2 saturated heterocycles. The van der Waals surface area contributed by atoms with Gasteiger partial charge in [0.25, 0.3) is 5.91 Å². The van der Waals surface area contributed by atoms with Gasteiger partial charge in [0.05, 0.1) is 19.8 Å². The fourth-order valence-electron chi connectivity index (χ4n) is 2.69. The Labute approximate surface area is 139 Å². The molecule has 0 radical (unpaired) electrons. The topological polar surface area (TPSA) is 50.8 Å². The third-order valence-corrected chi connectivity index (χ3v) is 3.90. The van der Waals surface area contributed by atoms with Crippen molar-refractivity contribution >= 4 is 18.3 Å². The average Bonchev–Trinajstić information content (AvgIpc) is 2.57. The van der Waals surface area contributed by atoms with Gasteiger partial charge in [0.15, 0.2) is 11.6 Å². The van der Waals surface area contributed by atoms with Crippen molar-refractivity contribution in [2.75, 3.05) is 39.4 Å². The average molecular weight is 349 g/mol. The van der Waals surface area contributed by atoms with Crippen molar-refractivity contribution < 1.29 is 23.0 Å². The van der Waals surface area contributed by atoms with Gasteiger partial charge < -0.3 is 19.7 Å². The Morgan fingerprint density at radius 1 is 1.22 bits per heavy atom. The van der Waals surface area contributed by atoms with Crippen molar-refractivity contribution in [3.05, 3.63) is 35.4 Å². The Kier molecular flexibility index (Phi) is 6.29. The van der Waals surface area contributed by atoms with Crippen molar-refractivity contribution in [3.63, 3.8) is 0 Å². The number of ether oxygens (including phenoxy) is 2. The molecule has 128 valence electrons. The molecule has 1 aromatic rings. The summed E-state index contributed by atoms with van der Waals surface area (Å²) in [5, 5.41) is 3.12. The number of hydrogen-bond acceptors (Lipinski definition) is 4. The van der Waals surface area contributed by atoms with Crippen LogP contribution >= 0.6 is 12.4 Å². The molecule has 1 aromatic carbocycles. The Morgan fingerprint density at radius 3 is 2.74 bits per heavy atom. The number of morpholine rings is 2. The Morgan fingerprint density at radius 2 is 2.04 bits per heavy atom. The summed E-state index contributed by atoms with van der Waals surface area (Å²) < 4.78 is 37.4. The maximum atomic E-state index is 13.3. The highest BCUT2D eigenvalue weighted by Crippen LogP contribution is 2.24. The lowest BCUT2D eigenvalue weighted by molar-refractivity contribution is -0.152. The summed E-state index contributed by atoms with van der Waals surface area (Å²) in [5.74, 6) is -1.90. The molecule has 2 unspecified atom stereocenters. The highest BCUT2D eigenvalue weighted by molar-refractivity contribution is 5.85. The molecule has 0 bridgehead atoms. The molecule has 5 nitrogen and oxygen atoms in total. The minimum Gasteiger partial charge on any atom is -0.370 e. The molecule has 8 heteroatoms. The zero-order chi connectivity index (χ0) is 15.5. The molecule has 0 spiro atoms. The van der Waals surface area contributed by atoms with E-state index in [9.17, 15) is 13.6 Å². The summed E-state index contributed by atoms with van der Waals surface area (Å²) in [6.45, 7) is 2.88. The molecule has 3 rings (SSSR count). The largest absolute Gasteiger partial charge is 0.370 e. The van der Waals surface area contributed by atoms with Crippen LogP contribution in [0.25, 0.3) is 0 Å². The van der Waals surface area contributed by atoms with E-state index in [-0.39, 0.29) is 18.3 Å². The van der Waals surface area contributed by atoms with Crippen LogP contribution in [0, 0.1) is 11.6 Å². The van der Waals surface area contributed by atoms with E-state index in [4.69, 9.17) is 9.47 Å². The van der Waals surface area contributed by atoms with Crippen LogP contribution in [0.2, 0.25) is 0 Å². The van der Waals surface area contributed by atoms with Gasteiger partial charge in [-0.3, -0.25) is 4.79 Å². The molecule has 2 heterocycles. The smallest absolute Gasteiger partial charge is 0.253 e. The third kappa shape index (κ3) is 4.17. The summed E-state index contributed by atoms with van der Waals surface area (Å²) in [6.07, 6.45) is -0.943. The van der Waals surface area contributed by atoms with Gasteiger partial charge in [-0.2, -0.15) is 0 Å². The first-order valence-corrected chi connectivity index (χ1v) is 7.33. The fraction of sp³-hybridized carbons (Fsp3) is 0.533. The first-order valence-electron chi connectivity index (χ1n) is 7.33. The van der Waals surface area contributed by atoms with E-state index in [1.54, 1.807) is 4.90 Å². The van der Waals surface area contributed by atoms with Crippen molar-refractivity contribution in [1.29, 1.82) is 0 Å². The summed E-state index contributed by atoms with van der Waals surface area (Å²) in [4.78, 5) is 14.1. The molecular weight excluding hydrogens is 330 g/mol.